The number of nitrogens with zero attached hydrogens (tertiary/aromatic N) is 1. The normalized spacial score (nSPS) is 15.9. The van der Waals surface area contributed by atoms with E-state index in [-0.39, 0.29) is 17.8 Å². The first-order chi connectivity index (χ1) is 11.0. The van der Waals surface area contributed by atoms with Crippen LogP contribution in [0.15, 0.2) is 21.5 Å². The van der Waals surface area contributed by atoms with Crippen LogP contribution in [-0.4, -0.2) is 36.3 Å². The van der Waals surface area contributed by atoms with Gasteiger partial charge in [-0.3, -0.25) is 14.5 Å². The number of benzene rings is 1. The summed E-state index contributed by atoms with van der Waals surface area (Å²) in [6.07, 6.45) is 6.84. The van der Waals surface area contributed by atoms with Crippen molar-refractivity contribution in [2.45, 2.75) is 6.92 Å². The topological polar surface area (TPSA) is 55.8 Å². The first-order valence-corrected chi connectivity index (χ1v) is 8.31. The summed E-state index contributed by atoms with van der Waals surface area (Å²) in [6.45, 7) is 2.23. The van der Waals surface area contributed by atoms with Gasteiger partial charge in [-0.2, -0.15) is 0 Å². The number of ether oxygens (including phenoxy) is 2. The van der Waals surface area contributed by atoms with Gasteiger partial charge in [-0.15, -0.1) is 6.42 Å². The van der Waals surface area contributed by atoms with Crippen LogP contribution >= 0.6 is 27.7 Å². The maximum absolute atomic E-state index is 12.1. The number of thioether (sulfide) groups is 1. The molecule has 2 amide bonds. The number of halogens is 1. The van der Waals surface area contributed by atoms with Crippen molar-refractivity contribution in [1.29, 1.82) is 0 Å². The quantitative estimate of drug-likeness (QED) is 0.563. The summed E-state index contributed by atoms with van der Waals surface area (Å²) >= 11 is 4.35. The number of carbonyl (C=O) groups is 2. The van der Waals surface area contributed by atoms with Crippen molar-refractivity contribution in [3.8, 4) is 23.8 Å². The maximum atomic E-state index is 12.1. The molecule has 1 aromatic carbocycles. The Bertz CT molecular complexity index is 724. The molecule has 1 aromatic rings. The van der Waals surface area contributed by atoms with Crippen molar-refractivity contribution in [2.24, 2.45) is 0 Å². The van der Waals surface area contributed by atoms with Crippen LogP contribution in [0.4, 0.5) is 4.79 Å². The standard InChI is InChI=1S/C16H14BrNO4S/c1-4-6-22-13-9-11(17)10(7-12(13)21-3)8-14-15(19)18(5-2)16(20)23-14/h1,7-9H,5-6H2,2-3H3. The molecule has 1 aliphatic heterocycles. The number of likely N-dealkylation sites (N-methyl/N-ethyl adjacent to an activating group) is 1. The van der Waals surface area contributed by atoms with Crippen LogP contribution < -0.4 is 9.47 Å². The molecular weight excluding hydrogens is 382 g/mol. The van der Waals surface area contributed by atoms with Gasteiger partial charge in [0, 0.05) is 11.0 Å². The number of hydrogen-bond donors (Lipinski definition) is 0. The smallest absolute Gasteiger partial charge is 0.293 e. The molecule has 5 nitrogen and oxygen atoms in total. The Hall–Kier alpha value is -1.91. The van der Waals surface area contributed by atoms with E-state index in [1.807, 2.05) is 0 Å². The van der Waals surface area contributed by atoms with Gasteiger partial charge in [-0.05, 0) is 42.5 Å². The molecule has 0 unspecified atom stereocenters. The largest absolute Gasteiger partial charge is 0.493 e. The third-order valence-electron chi connectivity index (χ3n) is 3.07. The number of carbonyl (C=O) groups excluding carboxylic acids is 2. The van der Waals surface area contributed by atoms with Gasteiger partial charge in [0.15, 0.2) is 11.5 Å². The number of methoxy groups -OCH3 is 1. The number of rotatable bonds is 5. The van der Waals surface area contributed by atoms with Crippen LogP contribution in [0.5, 0.6) is 11.5 Å². The van der Waals surface area contributed by atoms with Crippen LogP contribution in [0.1, 0.15) is 12.5 Å². The van der Waals surface area contributed by atoms with Gasteiger partial charge >= 0.3 is 0 Å². The highest BCUT2D eigenvalue weighted by Gasteiger charge is 2.33. The Morgan fingerprint density at radius 3 is 2.70 bits per heavy atom. The van der Waals surface area contributed by atoms with Gasteiger partial charge in [0.25, 0.3) is 11.1 Å². The van der Waals surface area contributed by atoms with Gasteiger partial charge in [0.05, 0.1) is 12.0 Å². The molecule has 0 N–H and O–H groups in total. The average molecular weight is 396 g/mol. The summed E-state index contributed by atoms with van der Waals surface area (Å²) < 4.78 is 11.4. The molecule has 2 rings (SSSR count). The second kappa shape index (κ2) is 7.57. The van der Waals surface area contributed by atoms with E-state index in [0.29, 0.717) is 33.0 Å². The Balaban J connectivity index is 2.37. The predicted octanol–water partition coefficient (Wildman–Crippen LogP) is 3.53. The molecule has 0 aromatic heterocycles. The first kappa shape index (κ1) is 17.4. The van der Waals surface area contributed by atoms with Crippen LogP contribution in [0.25, 0.3) is 6.08 Å². The SMILES string of the molecule is C#CCOc1cc(Br)c(C=C2SC(=O)N(CC)C2=O)cc1OC. The molecule has 1 fully saturated rings. The van der Waals surface area contributed by atoms with Crippen LogP contribution in [0.2, 0.25) is 0 Å². The summed E-state index contributed by atoms with van der Waals surface area (Å²) in [7, 11) is 1.51. The van der Waals surface area contributed by atoms with E-state index < -0.39 is 0 Å². The van der Waals surface area contributed by atoms with Crippen molar-refractivity contribution in [2.75, 3.05) is 20.3 Å². The monoisotopic (exact) mass is 395 g/mol. The number of imide groups is 1. The van der Waals surface area contributed by atoms with Crippen molar-refractivity contribution in [1.82, 2.24) is 4.90 Å². The lowest BCUT2D eigenvalue weighted by Crippen LogP contribution is -2.27. The Morgan fingerprint density at radius 1 is 1.39 bits per heavy atom. The zero-order valence-corrected chi connectivity index (χ0v) is 15.0. The molecule has 1 aliphatic rings. The highest BCUT2D eigenvalue weighted by Crippen LogP contribution is 2.37. The van der Waals surface area contributed by atoms with Crippen molar-refractivity contribution in [3.63, 3.8) is 0 Å². The maximum Gasteiger partial charge on any atom is 0.293 e. The molecule has 0 radical (unpaired) electrons. The fraction of sp³-hybridized carbons (Fsp3) is 0.250. The van der Waals surface area contributed by atoms with Gasteiger partial charge in [-0.25, -0.2) is 0 Å². The molecule has 7 heteroatoms. The van der Waals surface area contributed by atoms with Crippen molar-refractivity contribution < 1.29 is 19.1 Å². The molecule has 1 heterocycles. The lowest BCUT2D eigenvalue weighted by molar-refractivity contribution is -0.122. The highest BCUT2D eigenvalue weighted by molar-refractivity contribution is 9.10. The Kier molecular flexibility index (Phi) is 5.74. The summed E-state index contributed by atoms with van der Waals surface area (Å²) in [5, 5.41) is -0.263. The third-order valence-corrected chi connectivity index (χ3v) is 4.66. The molecule has 0 saturated carbocycles. The fourth-order valence-corrected chi connectivity index (χ4v) is 3.30. The minimum Gasteiger partial charge on any atom is -0.493 e. The Morgan fingerprint density at radius 2 is 2.13 bits per heavy atom. The highest BCUT2D eigenvalue weighted by atomic mass is 79.9. The number of hydrogen-bond acceptors (Lipinski definition) is 5. The van der Waals surface area contributed by atoms with Gasteiger partial charge in [0.2, 0.25) is 0 Å². The zero-order valence-electron chi connectivity index (χ0n) is 12.6. The fourth-order valence-electron chi connectivity index (χ4n) is 1.97. The van der Waals surface area contributed by atoms with Crippen LogP contribution in [-0.2, 0) is 4.79 Å². The van der Waals surface area contributed by atoms with Gasteiger partial charge in [-0.1, -0.05) is 21.9 Å². The molecule has 0 aliphatic carbocycles. The lowest BCUT2D eigenvalue weighted by Gasteiger charge is -2.11. The molecule has 1 saturated heterocycles. The van der Waals surface area contributed by atoms with E-state index in [0.717, 1.165) is 11.8 Å². The lowest BCUT2D eigenvalue weighted by atomic mass is 10.2. The van der Waals surface area contributed by atoms with Gasteiger partial charge in [0.1, 0.15) is 6.61 Å². The van der Waals surface area contributed by atoms with E-state index in [9.17, 15) is 9.59 Å². The summed E-state index contributed by atoms with van der Waals surface area (Å²) in [5.74, 6) is 3.08. The van der Waals surface area contributed by atoms with E-state index >= 15 is 0 Å². The van der Waals surface area contributed by atoms with Crippen LogP contribution in [0.3, 0.4) is 0 Å². The van der Waals surface area contributed by atoms with E-state index in [2.05, 4.69) is 21.9 Å². The molecule has 120 valence electrons. The molecule has 0 spiro atoms. The number of amides is 2. The van der Waals surface area contributed by atoms with Crippen molar-refractivity contribution in [3.05, 3.63) is 27.1 Å². The summed E-state index contributed by atoms with van der Waals surface area (Å²) in [5.41, 5.74) is 0.705. The van der Waals surface area contributed by atoms with Gasteiger partial charge < -0.3 is 9.47 Å². The van der Waals surface area contributed by atoms with E-state index in [1.165, 1.54) is 12.0 Å². The molecule has 0 atom stereocenters. The third kappa shape index (κ3) is 3.71. The molecular formula is C16H14BrNO4S. The first-order valence-electron chi connectivity index (χ1n) is 6.71. The predicted molar refractivity (Wildman–Crippen MR) is 93.4 cm³/mol. The van der Waals surface area contributed by atoms with Crippen molar-refractivity contribution >= 4 is 44.9 Å². The molecule has 23 heavy (non-hydrogen) atoms. The average Bonchev–Trinajstić information content (AvgIpc) is 2.80. The molecule has 0 bridgehead atoms. The zero-order chi connectivity index (χ0) is 17.0. The van der Waals surface area contributed by atoms with E-state index in [1.54, 1.807) is 25.1 Å². The second-order valence-corrected chi connectivity index (χ2v) is 6.29. The second-order valence-electron chi connectivity index (χ2n) is 4.44. The van der Waals surface area contributed by atoms with Crippen LogP contribution in [0, 0.1) is 12.3 Å². The summed E-state index contributed by atoms with van der Waals surface area (Å²) in [6, 6.07) is 3.43. The Labute approximate surface area is 147 Å². The summed E-state index contributed by atoms with van der Waals surface area (Å²) in [4.78, 5) is 25.5. The number of terminal acetylenes is 1. The minimum absolute atomic E-state index is 0.123. The minimum atomic E-state index is -0.291. The van der Waals surface area contributed by atoms with E-state index in [4.69, 9.17) is 15.9 Å².